The normalized spacial score (nSPS) is 12.3. The standard InChI is InChI=1S/C29H27Cl3N4O2/c1-17(2)27(34-28(37)20-7-6-8-21(30)14-20)29(38)35-33-15-23-18(3)36(26-10-5-4-9-22(23)26)16-19-11-12-24(31)25(32)13-19/h4-15,17,27H,16H2,1-3H3,(H,34,37)(H,35,38). The number of aromatic nitrogens is 1. The first-order valence-corrected chi connectivity index (χ1v) is 13.2. The Labute approximate surface area is 236 Å². The first-order valence-electron chi connectivity index (χ1n) is 12.1. The fraction of sp³-hybridized carbons (Fsp3) is 0.207. The Morgan fingerprint density at radius 1 is 0.974 bits per heavy atom. The van der Waals surface area contributed by atoms with Gasteiger partial charge in [0.1, 0.15) is 6.04 Å². The van der Waals surface area contributed by atoms with Crippen LogP contribution in [0, 0.1) is 12.8 Å². The fourth-order valence-electron chi connectivity index (χ4n) is 4.26. The topological polar surface area (TPSA) is 75.5 Å². The summed E-state index contributed by atoms with van der Waals surface area (Å²) in [6, 6.07) is 19.4. The Hall–Kier alpha value is -3.32. The number of carbonyl (C=O) groups excluding carboxylic acids is 2. The molecule has 0 aliphatic carbocycles. The molecule has 3 aromatic carbocycles. The van der Waals surface area contributed by atoms with Gasteiger partial charge in [-0.05, 0) is 54.8 Å². The van der Waals surface area contributed by atoms with E-state index in [-0.39, 0.29) is 11.8 Å². The number of hydrogen-bond acceptors (Lipinski definition) is 3. The number of rotatable bonds is 8. The van der Waals surface area contributed by atoms with Gasteiger partial charge >= 0.3 is 0 Å². The van der Waals surface area contributed by atoms with Gasteiger partial charge in [-0.1, -0.05) is 79.0 Å². The van der Waals surface area contributed by atoms with Crippen LogP contribution in [-0.2, 0) is 11.3 Å². The summed E-state index contributed by atoms with van der Waals surface area (Å²) in [6.45, 7) is 6.30. The van der Waals surface area contributed by atoms with Gasteiger partial charge in [0.15, 0.2) is 0 Å². The first-order chi connectivity index (χ1) is 18.2. The van der Waals surface area contributed by atoms with E-state index in [9.17, 15) is 9.59 Å². The Morgan fingerprint density at radius 3 is 2.45 bits per heavy atom. The van der Waals surface area contributed by atoms with Crippen molar-refractivity contribution in [3.8, 4) is 0 Å². The zero-order chi connectivity index (χ0) is 27.4. The number of hydrazone groups is 1. The third-order valence-corrected chi connectivity index (χ3v) is 7.27. The lowest BCUT2D eigenvalue weighted by molar-refractivity contribution is -0.123. The van der Waals surface area contributed by atoms with Crippen molar-refractivity contribution in [2.24, 2.45) is 11.0 Å². The molecule has 2 amide bonds. The average Bonchev–Trinajstić information content (AvgIpc) is 3.15. The quantitative estimate of drug-likeness (QED) is 0.180. The van der Waals surface area contributed by atoms with Crippen molar-refractivity contribution in [2.45, 2.75) is 33.4 Å². The van der Waals surface area contributed by atoms with E-state index in [1.165, 1.54) is 0 Å². The summed E-state index contributed by atoms with van der Waals surface area (Å²) in [7, 11) is 0. The summed E-state index contributed by atoms with van der Waals surface area (Å²) >= 11 is 18.3. The molecule has 0 fully saturated rings. The van der Waals surface area contributed by atoms with Crippen LogP contribution in [-0.4, -0.2) is 28.6 Å². The summed E-state index contributed by atoms with van der Waals surface area (Å²) in [5.41, 5.74) is 6.86. The van der Waals surface area contributed by atoms with Gasteiger partial charge in [-0.25, -0.2) is 5.43 Å². The van der Waals surface area contributed by atoms with E-state index in [0.29, 0.717) is 27.2 Å². The Balaban J connectivity index is 1.54. The summed E-state index contributed by atoms with van der Waals surface area (Å²) < 4.78 is 2.17. The highest BCUT2D eigenvalue weighted by atomic mass is 35.5. The SMILES string of the molecule is Cc1c(C=NNC(=O)C(NC(=O)c2cccc(Cl)c2)C(C)C)c2ccccc2n1Cc1ccc(Cl)c(Cl)c1. The van der Waals surface area contributed by atoms with Crippen LogP contribution in [0.1, 0.15) is 41.0 Å². The van der Waals surface area contributed by atoms with Crippen molar-refractivity contribution in [2.75, 3.05) is 0 Å². The van der Waals surface area contributed by atoms with Crippen molar-refractivity contribution in [3.63, 3.8) is 0 Å². The van der Waals surface area contributed by atoms with E-state index >= 15 is 0 Å². The molecule has 0 saturated carbocycles. The van der Waals surface area contributed by atoms with Gasteiger partial charge in [-0.15, -0.1) is 0 Å². The lowest BCUT2D eigenvalue weighted by atomic mass is 10.0. The van der Waals surface area contributed by atoms with Gasteiger partial charge in [-0.3, -0.25) is 9.59 Å². The van der Waals surface area contributed by atoms with Crippen molar-refractivity contribution in [1.29, 1.82) is 0 Å². The van der Waals surface area contributed by atoms with Crippen LogP contribution < -0.4 is 10.7 Å². The van der Waals surface area contributed by atoms with Crippen LogP contribution in [0.5, 0.6) is 0 Å². The monoisotopic (exact) mass is 568 g/mol. The van der Waals surface area contributed by atoms with E-state index in [1.54, 1.807) is 36.5 Å². The highest BCUT2D eigenvalue weighted by Gasteiger charge is 2.24. The lowest BCUT2D eigenvalue weighted by Crippen LogP contribution is -2.48. The van der Waals surface area contributed by atoms with Crippen LogP contribution in [0.2, 0.25) is 15.1 Å². The molecular formula is C29H27Cl3N4O2. The highest BCUT2D eigenvalue weighted by molar-refractivity contribution is 6.42. The molecule has 0 bridgehead atoms. The minimum atomic E-state index is -0.782. The molecule has 4 rings (SSSR count). The van der Waals surface area contributed by atoms with Crippen molar-refractivity contribution in [3.05, 3.63) is 104 Å². The molecule has 1 aromatic heterocycles. The largest absolute Gasteiger partial charge is 0.340 e. The molecule has 1 unspecified atom stereocenters. The number of para-hydroxylation sites is 1. The second-order valence-electron chi connectivity index (χ2n) is 9.29. The van der Waals surface area contributed by atoms with Gasteiger partial charge in [0, 0.05) is 39.3 Å². The minimum absolute atomic E-state index is 0.164. The van der Waals surface area contributed by atoms with E-state index in [4.69, 9.17) is 34.8 Å². The van der Waals surface area contributed by atoms with Crippen LogP contribution in [0.25, 0.3) is 10.9 Å². The summed E-state index contributed by atoms with van der Waals surface area (Å²) in [4.78, 5) is 25.7. The van der Waals surface area contributed by atoms with Crippen LogP contribution >= 0.6 is 34.8 Å². The Bertz CT molecular complexity index is 1530. The summed E-state index contributed by atoms with van der Waals surface area (Å²) in [6.07, 6.45) is 1.64. The molecule has 4 aromatic rings. The van der Waals surface area contributed by atoms with Crippen LogP contribution in [0.4, 0.5) is 0 Å². The molecule has 38 heavy (non-hydrogen) atoms. The van der Waals surface area contributed by atoms with Crippen molar-refractivity contribution >= 4 is 63.7 Å². The van der Waals surface area contributed by atoms with E-state index in [2.05, 4.69) is 20.4 Å². The average molecular weight is 570 g/mol. The predicted octanol–water partition coefficient (Wildman–Crippen LogP) is 6.86. The molecule has 0 spiro atoms. The minimum Gasteiger partial charge on any atom is -0.340 e. The highest BCUT2D eigenvalue weighted by Crippen LogP contribution is 2.28. The fourth-order valence-corrected chi connectivity index (χ4v) is 4.78. The lowest BCUT2D eigenvalue weighted by Gasteiger charge is -2.20. The molecule has 6 nitrogen and oxygen atoms in total. The Morgan fingerprint density at radius 2 is 1.74 bits per heavy atom. The number of amides is 2. The third kappa shape index (κ3) is 6.21. The molecular weight excluding hydrogens is 543 g/mol. The molecule has 0 saturated heterocycles. The second-order valence-corrected chi connectivity index (χ2v) is 10.5. The van der Waals surface area contributed by atoms with Crippen LogP contribution in [0.15, 0.2) is 71.8 Å². The number of carbonyl (C=O) groups is 2. The molecule has 9 heteroatoms. The molecule has 0 aliphatic rings. The molecule has 1 heterocycles. The Kier molecular flexibility index (Phi) is 8.77. The van der Waals surface area contributed by atoms with E-state index in [0.717, 1.165) is 27.7 Å². The van der Waals surface area contributed by atoms with Gasteiger partial charge < -0.3 is 9.88 Å². The third-order valence-electron chi connectivity index (χ3n) is 6.30. The number of halogens is 3. The van der Waals surface area contributed by atoms with Crippen molar-refractivity contribution < 1.29 is 9.59 Å². The van der Waals surface area contributed by atoms with E-state index < -0.39 is 11.9 Å². The summed E-state index contributed by atoms with van der Waals surface area (Å²) in [5, 5.41) is 9.49. The maximum Gasteiger partial charge on any atom is 0.262 e. The van der Waals surface area contributed by atoms with Gasteiger partial charge in [-0.2, -0.15) is 5.10 Å². The number of nitrogens with one attached hydrogen (secondary N) is 2. The van der Waals surface area contributed by atoms with Gasteiger partial charge in [0.2, 0.25) is 0 Å². The van der Waals surface area contributed by atoms with Gasteiger partial charge in [0.05, 0.1) is 16.3 Å². The summed E-state index contributed by atoms with van der Waals surface area (Å²) in [5.74, 6) is -0.960. The molecule has 1 atom stereocenters. The molecule has 0 radical (unpaired) electrons. The number of nitrogens with zero attached hydrogens (tertiary/aromatic N) is 2. The smallest absolute Gasteiger partial charge is 0.262 e. The van der Waals surface area contributed by atoms with E-state index in [1.807, 2.05) is 57.2 Å². The van der Waals surface area contributed by atoms with Gasteiger partial charge in [0.25, 0.3) is 11.8 Å². The number of hydrogen-bond donors (Lipinski definition) is 2. The predicted molar refractivity (Wildman–Crippen MR) is 156 cm³/mol. The number of benzene rings is 3. The number of fused-ring (bicyclic) bond motifs is 1. The maximum atomic E-state index is 13.0. The molecule has 0 aliphatic heterocycles. The van der Waals surface area contributed by atoms with Crippen LogP contribution in [0.3, 0.4) is 0 Å². The van der Waals surface area contributed by atoms with Crippen molar-refractivity contribution in [1.82, 2.24) is 15.3 Å². The zero-order valence-corrected chi connectivity index (χ0v) is 23.4. The molecule has 196 valence electrons. The second kappa shape index (κ2) is 12.0. The molecule has 2 N–H and O–H groups in total. The first kappa shape index (κ1) is 27.7. The zero-order valence-electron chi connectivity index (χ0n) is 21.1. The maximum absolute atomic E-state index is 13.0.